The first-order valence-corrected chi connectivity index (χ1v) is 8.05. The van der Waals surface area contributed by atoms with E-state index < -0.39 is 11.8 Å². The van der Waals surface area contributed by atoms with Crippen molar-refractivity contribution in [3.8, 4) is 11.5 Å². The number of nitrogens with two attached hydrogens (primary N) is 1. The Hall–Kier alpha value is -2.31. The Bertz CT molecular complexity index is 745. The summed E-state index contributed by atoms with van der Waals surface area (Å²) >= 11 is 6.03. The second-order valence-corrected chi connectivity index (χ2v) is 6.56. The monoisotopic (exact) mass is 366 g/mol. The molecule has 134 valence electrons. The predicted molar refractivity (Wildman–Crippen MR) is 94.7 cm³/mol. The molecule has 2 aromatic carbocycles. The maximum Gasteiger partial charge on any atom is 0.421 e. The maximum atomic E-state index is 14.1. The van der Waals surface area contributed by atoms with E-state index in [2.05, 4.69) is 0 Å². The summed E-state index contributed by atoms with van der Waals surface area (Å²) in [6.07, 6.45) is -0.687. The number of hydrazine groups is 1. The molecule has 0 saturated carbocycles. The number of benzene rings is 2. The molecule has 0 unspecified atom stereocenters. The second kappa shape index (κ2) is 7.72. The summed E-state index contributed by atoms with van der Waals surface area (Å²) in [6, 6.07) is 11.9. The highest BCUT2D eigenvalue weighted by molar-refractivity contribution is 6.30. The zero-order chi connectivity index (χ0) is 18.6. The third kappa shape index (κ3) is 5.62. The van der Waals surface area contributed by atoms with Crippen molar-refractivity contribution < 1.29 is 19.0 Å². The highest BCUT2D eigenvalue weighted by atomic mass is 35.5. The van der Waals surface area contributed by atoms with Crippen LogP contribution in [-0.2, 0) is 12.1 Å². The van der Waals surface area contributed by atoms with Gasteiger partial charge >= 0.3 is 6.09 Å². The zero-order valence-electron chi connectivity index (χ0n) is 14.0. The Kier molecular flexibility index (Phi) is 5.87. The summed E-state index contributed by atoms with van der Waals surface area (Å²) in [5.41, 5.74) is -0.172. The summed E-state index contributed by atoms with van der Waals surface area (Å²) in [7, 11) is 0. The topological polar surface area (TPSA) is 75.8 Å². The van der Waals surface area contributed by atoms with Crippen LogP contribution in [0.25, 0.3) is 0 Å². The van der Waals surface area contributed by atoms with E-state index in [0.29, 0.717) is 28.5 Å². The van der Waals surface area contributed by atoms with Gasteiger partial charge in [0.1, 0.15) is 17.2 Å². The van der Waals surface area contributed by atoms with E-state index in [1.807, 2.05) is 12.1 Å². The molecule has 2 rings (SSSR count). The summed E-state index contributed by atoms with van der Waals surface area (Å²) in [6.45, 7) is 3.10. The Labute approximate surface area is 150 Å². The van der Waals surface area contributed by atoms with Gasteiger partial charge in [-0.1, -0.05) is 23.7 Å². The molecule has 0 radical (unpaired) electrons. The van der Waals surface area contributed by atoms with Crippen LogP contribution in [0.4, 0.5) is 9.18 Å². The number of carbonyl (C=O) groups is 1. The Balaban J connectivity index is 2.06. The van der Waals surface area contributed by atoms with E-state index in [-0.39, 0.29) is 6.54 Å². The lowest BCUT2D eigenvalue weighted by molar-refractivity contribution is 0.146. The van der Waals surface area contributed by atoms with Crippen LogP contribution in [0.1, 0.15) is 25.0 Å². The minimum atomic E-state index is -1.52. The number of hydrogen-bond acceptors (Lipinski definition) is 3. The van der Waals surface area contributed by atoms with E-state index in [1.165, 1.54) is 13.8 Å². The van der Waals surface area contributed by atoms with Crippen molar-refractivity contribution in [3.05, 3.63) is 58.6 Å². The average Bonchev–Trinajstić information content (AvgIpc) is 2.52. The molecule has 0 spiro atoms. The molecule has 0 bridgehead atoms. The molecule has 25 heavy (non-hydrogen) atoms. The van der Waals surface area contributed by atoms with Crippen molar-refractivity contribution in [1.82, 2.24) is 5.01 Å². The van der Waals surface area contributed by atoms with Crippen molar-refractivity contribution in [2.75, 3.05) is 6.54 Å². The first-order valence-electron chi connectivity index (χ1n) is 7.67. The summed E-state index contributed by atoms with van der Waals surface area (Å²) in [5, 5.41) is 9.84. The predicted octanol–water partition coefficient (Wildman–Crippen LogP) is 4.73. The van der Waals surface area contributed by atoms with Gasteiger partial charge in [-0.05, 0) is 61.7 Å². The Morgan fingerprint density at radius 2 is 1.88 bits per heavy atom. The normalized spacial score (nSPS) is 11.2. The smallest absolute Gasteiger partial charge is 0.421 e. The van der Waals surface area contributed by atoms with Crippen LogP contribution in [0.15, 0.2) is 42.5 Å². The first kappa shape index (κ1) is 19.0. The lowest BCUT2D eigenvalue weighted by atomic mass is 10.0. The van der Waals surface area contributed by atoms with Crippen molar-refractivity contribution in [1.29, 1.82) is 0 Å². The van der Waals surface area contributed by atoms with Crippen LogP contribution in [0.3, 0.4) is 0 Å². The van der Waals surface area contributed by atoms with Crippen molar-refractivity contribution in [3.63, 3.8) is 0 Å². The van der Waals surface area contributed by atoms with Gasteiger partial charge in [0.2, 0.25) is 0 Å². The lowest BCUT2D eigenvalue weighted by Gasteiger charge is -2.17. The number of hydrogen-bond donors (Lipinski definition) is 2. The molecule has 0 aromatic heterocycles. The maximum absolute atomic E-state index is 14.1. The molecule has 0 aliphatic carbocycles. The molecule has 5 nitrogen and oxygen atoms in total. The van der Waals surface area contributed by atoms with Gasteiger partial charge in [0.05, 0.1) is 0 Å². The van der Waals surface area contributed by atoms with Gasteiger partial charge in [-0.3, -0.25) is 0 Å². The molecule has 3 N–H and O–H groups in total. The zero-order valence-corrected chi connectivity index (χ0v) is 14.8. The number of carboxylic acid groups (broad SMARTS) is 1. The average molecular weight is 367 g/mol. The molecule has 0 fully saturated rings. The minimum Gasteiger partial charge on any atom is -0.464 e. The molecule has 0 atom stereocenters. The second-order valence-electron chi connectivity index (χ2n) is 6.12. The Morgan fingerprint density at radius 1 is 1.24 bits per heavy atom. The fraction of sp³-hybridized carbons (Fsp3) is 0.278. The van der Waals surface area contributed by atoms with Crippen LogP contribution in [0, 0.1) is 0 Å². The van der Waals surface area contributed by atoms with Gasteiger partial charge in [0.25, 0.3) is 0 Å². The van der Waals surface area contributed by atoms with E-state index >= 15 is 0 Å². The Morgan fingerprint density at radius 3 is 2.44 bits per heavy atom. The van der Waals surface area contributed by atoms with Gasteiger partial charge in [0, 0.05) is 11.6 Å². The molecule has 0 saturated heterocycles. The van der Waals surface area contributed by atoms with Crippen LogP contribution >= 0.6 is 11.6 Å². The highest BCUT2D eigenvalue weighted by Gasteiger charge is 2.20. The summed E-state index contributed by atoms with van der Waals surface area (Å²) in [5.74, 6) is 6.34. The summed E-state index contributed by atoms with van der Waals surface area (Å²) in [4.78, 5) is 10.6. The standard InChI is InChI=1S/C18H20ClFN2O3/c1-18(2,20)13-9-14(19)11-16(10-13)25-15-5-3-12(4-6-15)7-8-22(21)17(23)24/h3-6,9-11H,7-8,21H2,1-2H3,(H,23,24). The molecule has 0 aliphatic heterocycles. The van der Waals surface area contributed by atoms with Gasteiger partial charge in [0.15, 0.2) is 0 Å². The molecule has 0 heterocycles. The number of alkyl halides is 1. The van der Waals surface area contributed by atoms with Crippen LogP contribution in [-0.4, -0.2) is 22.8 Å². The van der Waals surface area contributed by atoms with Gasteiger partial charge < -0.3 is 9.84 Å². The molecule has 0 aliphatic rings. The molecule has 1 amide bonds. The number of amides is 1. The fourth-order valence-corrected chi connectivity index (χ4v) is 2.40. The molecule has 2 aromatic rings. The quantitative estimate of drug-likeness (QED) is 0.440. The van der Waals surface area contributed by atoms with Crippen molar-refractivity contribution in [2.24, 2.45) is 5.84 Å². The van der Waals surface area contributed by atoms with E-state index in [9.17, 15) is 9.18 Å². The minimum absolute atomic E-state index is 0.193. The fourth-order valence-electron chi connectivity index (χ4n) is 2.17. The molecular weight excluding hydrogens is 347 g/mol. The lowest BCUT2D eigenvalue weighted by Crippen LogP contribution is -2.37. The third-order valence-corrected chi connectivity index (χ3v) is 3.82. The number of rotatable bonds is 6. The van der Waals surface area contributed by atoms with Crippen molar-refractivity contribution >= 4 is 17.7 Å². The van der Waals surface area contributed by atoms with Gasteiger partial charge in [-0.15, -0.1) is 0 Å². The largest absolute Gasteiger partial charge is 0.464 e. The van der Waals surface area contributed by atoms with Crippen LogP contribution in [0.5, 0.6) is 11.5 Å². The number of ether oxygens (including phenoxy) is 1. The number of halogens is 2. The SMILES string of the molecule is CC(C)(F)c1cc(Cl)cc(Oc2ccc(CCN(N)C(=O)O)cc2)c1. The van der Waals surface area contributed by atoms with Crippen LogP contribution < -0.4 is 10.6 Å². The highest BCUT2D eigenvalue weighted by Crippen LogP contribution is 2.33. The third-order valence-electron chi connectivity index (χ3n) is 3.60. The van der Waals surface area contributed by atoms with Gasteiger partial charge in [-0.2, -0.15) is 0 Å². The molecular formula is C18H20ClFN2O3. The first-order chi connectivity index (χ1) is 11.6. The van der Waals surface area contributed by atoms with Crippen molar-refractivity contribution in [2.45, 2.75) is 25.9 Å². The van der Waals surface area contributed by atoms with Gasteiger partial charge in [-0.25, -0.2) is 20.0 Å². The van der Waals surface area contributed by atoms with Crippen LogP contribution in [0.2, 0.25) is 5.02 Å². The van der Waals surface area contributed by atoms with E-state index in [4.69, 9.17) is 27.3 Å². The van der Waals surface area contributed by atoms with E-state index in [0.717, 1.165) is 10.6 Å². The summed E-state index contributed by atoms with van der Waals surface area (Å²) < 4.78 is 19.8. The number of nitrogens with zero attached hydrogens (tertiary/aromatic N) is 1. The van der Waals surface area contributed by atoms with E-state index in [1.54, 1.807) is 30.3 Å². The molecule has 7 heteroatoms.